The minimum absolute atomic E-state index is 0.00966. The maximum Gasteiger partial charge on any atom is 0.182 e. The number of rotatable bonds is 3. The fraction of sp³-hybridized carbons (Fsp3) is 0.0588. The average molecular weight is 300 g/mol. The van der Waals surface area contributed by atoms with Gasteiger partial charge in [-0.25, -0.2) is 12.8 Å². The first kappa shape index (κ1) is 13.8. The summed E-state index contributed by atoms with van der Waals surface area (Å²) in [4.78, 5) is 0.00966. The van der Waals surface area contributed by atoms with Gasteiger partial charge in [0.2, 0.25) is 0 Å². The second kappa shape index (κ2) is 5.30. The number of hydrogen-bond acceptors (Lipinski definition) is 2. The molecule has 0 unspecified atom stereocenters. The molecule has 0 saturated heterocycles. The maximum atomic E-state index is 13.2. The highest BCUT2D eigenvalue weighted by Gasteiger charge is 2.17. The van der Waals surface area contributed by atoms with Crippen LogP contribution in [0.15, 0.2) is 71.6 Å². The average Bonchev–Trinajstić information content (AvgIpc) is 2.47. The Hall–Kier alpha value is -2.20. The lowest BCUT2D eigenvalue weighted by Gasteiger charge is -2.08. The first-order valence-corrected chi connectivity index (χ1v) is 8.16. The van der Waals surface area contributed by atoms with E-state index in [1.165, 1.54) is 18.2 Å². The monoisotopic (exact) mass is 300 g/mol. The Morgan fingerprint density at radius 3 is 2.38 bits per heavy atom. The van der Waals surface area contributed by atoms with E-state index in [0.29, 0.717) is 0 Å². The van der Waals surface area contributed by atoms with Crippen LogP contribution in [0.3, 0.4) is 0 Å². The van der Waals surface area contributed by atoms with Crippen molar-refractivity contribution in [2.75, 3.05) is 0 Å². The Morgan fingerprint density at radius 1 is 0.857 bits per heavy atom. The molecule has 3 aromatic rings. The second-order valence-electron chi connectivity index (χ2n) is 4.85. The first-order valence-electron chi connectivity index (χ1n) is 6.51. The molecule has 0 heterocycles. The largest absolute Gasteiger partial charge is 0.223 e. The minimum Gasteiger partial charge on any atom is -0.223 e. The summed E-state index contributed by atoms with van der Waals surface area (Å²) in [6.07, 6.45) is 0. The lowest BCUT2D eigenvalue weighted by atomic mass is 10.1. The molecule has 3 rings (SSSR count). The standard InChI is InChI=1S/C17H13FO2S/c18-15-8-4-9-16(11-15)21(19,20)12-14-7-3-6-13-5-1-2-10-17(13)14/h1-11H,12H2. The lowest BCUT2D eigenvalue weighted by molar-refractivity contribution is 0.590. The van der Waals surface area contributed by atoms with Gasteiger partial charge in [0.1, 0.15) is 5.82 Å². The van der Waals surface area contributed by atoms with Gasteiger partial charge in [-0.3, -0.25) is 0 Å². The molecule has 0 aliphatic heterocycles. The summed E-state index contributed by atoms with van der Waals surface area (Å²) in [6, 6.07) is 18.3. The summed E-state index contributed by atoms with van der Waals surface area (Å²) in [5.74, 6) is -0.688. The van der Waals surface area contributed by atoms with Crippen molar-refractivity contribution in [2.45, 2.75) is 10.6 Å². The molecular formula is C17H13FO2S. The van der Waals surface area contributed by atoms with Crippen molar-refractivity contribution >= 4 is 20.6 Å². The summed E-state index contributed by atoms with van der Waals surface area (Å²) in [7, 11) is -3.57. The molecular weight excluding hydrogens is 287 g/mol. The van der Waals surface area contributed by atoms with Crippen molar-refractivity contribution in [1.29, 1.82) is 0 Å². The summed E-state index contributed by atoms with van der Waals surface area (Å²) in [5.41, 5.74) is 0.720. The van der Waals surface area contributed by atoms with E-state index in [1.54, 1.807) is 6.07 Å². The van der Waals surface area contributed by atoms with E-state index >= 15 is 0 Å². The van der Waals surface area contributed by atoms with Crippen LogP contribution >= 0.6 is 0 Å². The third-order valence-electron chi connectivity index (χ3n) is 3.38. The quantitative estimate of drug-likeness (QED) is 0.734. The van der Waals surface area contributed by atoms with Gasteiger partial charge < -0.3 is 0 Å². The van der Waals surface area contributed by atoms with Crippen molar-refractivity contribution in [1.82, 2.24) is 0 Å². The Morgan fingerprint density at radius 2 is 1.57 bits per heavy atom. The number of halogens is 1. The molecule has 0 amide bonds. The van der Waals surface area contributed by atoms with E-state index in [-0.39, 0.29) is 10.6 Å². The summed E-state index contributed by atoms with van der Waals surface area (Å²) in [6.45, 7) is 0. The maximum absolute atomic E-state index is 13.2. The van der Waals surface area contributed by atoms with Crippen LogP contribution in [-0.2, 0) is 15.6 Å². The van der Waals surface area contributed by atoms with Gasteiger partial charge in [-0.2, -0.15) is 0 Å². The van der Waals surface area contributed by atoms with E-state index in [4.69, 9.17) is 0 Å². The van der Waals surface area contributed by atoms with E-state index < -0.39 is 15.7 Å². The molecule has 0 radical (unpaired) electrons. The van der Waals surface area contributed by atoms with Crippen LogP contribution in [0.1, 0.15) is 5.56 Å². The van der Waals surface area contributed by atoms with Gasteiger partial charge in [0, 0.05) is 0 Å². The SMILES string of the molecule is O=S(=O)(Cc1cccc2ccccc12)c1cccc(F)c1. The molecule has 0 saturated carbocycles. The van der Waals surface area contributed by atoms with Crippen LogP contribution in [0.4, 0.5) is 4.39 Å². The van der Waals surface area contributed by atoms with Crippen LogP contribution in [0.25, 0.3) is 10.8 Å². The zero-order chi connectivity index (χ0) is 14.9. The fourth-order valence-electron chi connectivity index (χ4n) is 2.37. The smallest absolute Gasteiger partial charge is 0.182 e. The number of benzene rings is 3. The second-order valence-corrected chi connectivity index (χ2v) is 6.84. The van der Waals surface area contributed by atoms with Gasteiger partial charge in [0.05, 0.1) is 10.6 Å². The third-order valence-corrected chi connectivity index (χ3v) is 5.04. The van der Waals surface area contributed by atoms with Crippen molar-refractivity contribution < 1.29 is 12.8 Å². The van der Waals surface area contributed by atoms with Crippen LogP contribution in [0, 0.1) is 5.82 Å². The molecule has 21 heavy (non-hydrogen) atoms. The minimum atomic E-state index is -3.57. The van der Waals surface area contributed by atoms with Crippen LogP contribution < -0.4 is 0 Å². The molecule has 0 aromatic heterocycles. The molecule has 4 heteroatoms. The van der Waals surface area contributed by atoms with Crippen LogP contribution in [-0.4, -0.2) is 8.42 Å². The summed E-state index contributed by atoms with van der Waals surface area (Å²) >= 11 is 0. The molecule has 2 nitrogen and oxygen atoms in total. The highest BCUT2D eigenvalue weighted by Crippen LogP contribution is 2.23. The van der Waals surface area contributed by atoms with E-state index in [0.717, 1.165) is 22.4 Å². The van der Waals surface area contributed by atoms with E-state index in [1.807, 2.05) is 36.4 Å². The number of hydrogen-bond donors (Lipinski definition) is 0. The molecule has 0 bridgehead atoms. The Balaban J connectivity index is 2.06. The Bertz CT molecular complexity index is 896. The van der Waals surface area contributed by atoms with Gasteiger partial charge in [-0.15, -0.1) is 0 Å². The predicted molar refractivity (Wildman–Crippen MR) is 81.2 cm³/mol. The van der Waals surface area contributed by atoms with Gasteiger partial charge in [0.25, 0.3) is 0 Å². The van der Waals surface area contributed by atoms with Gasteiger partial charge >= 0.3 is 0 Å². The summed E-state index contributed by atoms with van der Waals surface area (Å²) < 4.78 is 38.1. The normalized spacial score (nSPS) is 11.7. The topological polar surface area (TPSA) is 34.1 Å². The van der Waals surface area contributed by atoms with Crippen LogP contribution in [0.2, 0.25) is 0 Å². The molecule has 0 fully saturated rings. The fourth-order valence-corrected chi connectivity index (χ4v) is 3.77. The Kier molecular flexibility index (Phi) is 3.47. The molecule has 0 atom stereocenters. The number of sulfone groups is 1. The molecule has 0 N–H and O–H groups in total. The van der Waals surface area contributed by atoms with Crippen molar-refractivity contribution in [3.63, 3.8) is 0 Å². The third kappa shape index (κ3) is 2.81. The van der Waals surface area contributed by atoms with E-state index in [9.17, 15) is 12.8 Å². The number of fused-ring (bicyclic) bond motifs is 1. The molecule has 0 aliphatic rings. The van der Waals surface area contributed by atoms with E-state index in [2.05, 4.69) is 0 Å². The van der Waals surface area contributed by atoms with Gasteiger partial charge in [-0.1, -0.05) is 48.5 Å². The van der Waals surface area contributed by atoms with Crippen molar-refractivity contribution in [3.8, 4) is 0 Å². The van der Waals surface area contributed by atoms with Crippen molar-refractivity contribution in [3.05, 3.63) is 78.1 Å². The van der Waals surface area contributed by atoms with Gasteiger partial charge in [-0.05, 0) is 34.5 Å². The molecule has 106 valence electrons. The zero-order valence-corrected chi connectivity index (χ0v) is 12.0. The molecule has 0 spiro atoms. The lowest BCUT2D eigenvalue weighted by Crippen LogP contribution is -2.05. The highest BCUT2D eigenvalue weighted by atomic mass is 32.2. The predicted octanol–water partition coefficient (Wildman–Crippen LogP) is 3.95. The van der Waals surface area contributed by atoms with Gasteiger partial charge in [0.15, 0.2) is 9.84 Å². The zero-order valence-electron chi connectivity index (χ0n) is 11.2. The van der Waals surface area contributed by atoms with Crippen molar-refractivity contribution in [2.24, 2.45) is 0 Å². The Labute approximate surface area is 122 Å². The molecule has 3 aromatic carbocycles. The first-order chi connectivity index (χ1) is 10.1. The summed E-state index contributed by atoms with van der Waals surface area (Å²) in [5, 5.41) is 1.89. The highest BCUT2D eigenvalue weighted by molar-refractivity contribution is 7.90. The van der Waals surface area contributed by atoms with Crippen LogP contribution in [0.5, 0.6) is 0 Å². The molecule has 0 aliphatic carbocycles.